The van der Waals surface area contributed by atoms with Crippen LogP contribution in [0, 0.1) is 0 Å². The van der Waals surface area contributed by atoms with Crippen LogP contribution in [-0.4, -0.2) is 37.1 Å². The average Bonchev–Trinajstić information content (AvgIpc) is 2.99. The van der Waals surface area contributed by atoms with Gasteiger partial charge < -0.3 is 10.8 Å². The lowest BCUT2D eigenvalue weighted by molar-refractivity contribution is 0.0939. The molecule has 1 fully saturated rings. The van der Waals surface area contributed by atoms with Crippen molar-refractivity contribution in [3.63, 3.8) is 0 Å². The Morgan fingerprint density at radius 2 is 1.46 bits per heavy atom. The maximum Gasteiger partial charge on any atom is 0.475 e. The molecular weight excluding hydrogens is 353 g/mol. The Balaban J connectivity index is 2.06. The molecule has 6 nitrogen and oxygen atoms in total. The van der Waals surface area contributed by atoms with Crippen molar-refractivity contribution in [3.05, 3.63) is 0 Å². The predicted molar refractivity (Wildman–Crippen MR) is 105 cm³/mol. The van der Waals surface area contributed by atoms with Crippen LogP contribution in [0.5, 0.6) is 0 Å². The average molecular weight is 394 g/mol. The summed E-state index contributed by atoms with van der Waals surface area (Å²) in [5.74, 6) is 0. The van der Waals surface area contributed by atoms with Crippen LogP contribution in [-0.2, 0) is 18.1 Å². The van der Waals surface area contributed by atoms with Crippen LogP contribution in [0.3, 0.4) is 0 Å². The van der Waals surface area contributed by atoms with Crippen LogP contribution in [0.15, 0.2) is 0 Å². The van der Waals surface area contributed by atoms with Crippen molar-refractivity contribution >= 4 is 7.82 Å². The minimum atomic E-state index is -3.51. The van der Waals surface area contributed by atoms with Crippen LogP contribution < -0.4 is 5.73 Å². The fourth-order valence-corrected chi connectivity index (χ4v) is 4.78. The molecule has 3 N–H and O–H groups in total. The van der Waals surface area contributed by atoms with E-state index in [0.717, 1.165) is 19.3 Å². The van der Waals surface area contributed by atoms with Gasteiger partial charge in [-0.25, -0.2) is 4.57 Å². The second-order valence-corrected chi connectivity index (χ2v) is 9.05. The second-order valence-electron chi connectivity index (χ2n) is 7.37. The molecule has 4 atom stereocenters. The maximum absolute atomic E-state index is 12.1. The molecule has 0 aromatic heterocycles. The number of phosphoric acid groups is 1. The van der Waals surface area contributed by atoms with Crippen molar-refractivity contribution in [2.75, 3.05) is 13.7 Å². The highest BCUT2D eigenvalue weighted by molar-refractivity contribution is 7.48. The molecule has 0 amide bonds. The van der Waals surface area contributed by atoms with Gasteiger partial charge in [-0.2, -0.15) is 0 Å². The molecule has 0 aromatic carbocycles. The zero-order valence-corrected chi connectivity index (χ0v) is 17.6. The summed E-state index contributed by atoms with van der Waals surface area (Å²) in [4.78, 5) is 0. The number of hydrogen-bond acceptors (Lipinski definition) is 6. The lowest BCUT2D eigenvalue weighted by Crippen LogP contribution is -2.43. The zero-order valence-electron chi connectivity index (χ0n) is 16.7. The van der Waals surface area contributed by atoms with Gasteiger partial charge in [-0.3, -0.25) is 13.6 Å². The van der Waals surface area contributed by atoms with Crippen molar-refractivity contribution in [1.29, 1.82) is 0 Å². The third kappa shape index (κ3) is 9.29. The van der Waals surface area contributed by atoms with Crippen LogP contribution in [0.1, 0.15) is 90.4 Å². The van der Waals surface area contributed by atoms with Crippen molar-refractivity contribution < 1.29 is 23.2 Å². The zero-order chi connectivity index (χ0) is 19.3. The molecular formula is C19H40NO5P. The van der Waals surface area contributed by atoms with Crippen LogP contribution in [0.4, 0.5) is 0 Å². The fourth-order valence-electron chi connectivity index (χ4n) is 3.41. The molecule has 1 saturated heterocycles. The predicted octanol–water partition coefficient (Wildman–Crippen LogP) is 4.94. The first-order chi connectivity index (χ1) is 12.6. The fraction of sp³-hybridized carbons (Fsp3) is 1.00. The first kappa shape index (κ1) is 24.1. The minimum absolute atomic E-state index is 0.229. The lowest BCUT2D eigenvalue weighted by Gasteiger charge is -2.20. The maximum atomic E-state index is 12.1. The molecule has 1 rings (SSSR count). The highest BCUT2D eigenvalue weighted by Gasteiger charge is 2.47. The highest BCUT2D eigenvalue weighted by Crippen LogP contribution is 2.57. The molecule has 1 aliphatic rings. The van der Waals surface area contributed by atoms with E-state index < -0.39 is 20.0 Å². The molecule has 156 valence electrons. The van der Waals surface area contributed by atoms with E-state index in [0.29, 0.717) is 0 Å². The normalized spacial score (nSPS) is 27.1. The third-order valence-corrected chi connectivity index (χ3v) is 6.56. The summed E-state index contributed by atoms with van der Waals surface area (Å²) in [5, 5.41) is 9.24. The van der Waals surface area contributed by atoms with E-state index in [1.165, 1.54) is 71.3 Å². The topological polar surface area (TPSA) is 91.0 Å². The lowest BCUT2D eigenvalue weighted by atomic mass is 10.00. The number of nitrogens with two attached hydrogens (primary N) is 1. The second kappa shape index (κ2) is 14.1. The Morgan fingerprint density at radius 3 is 1.92 bits per heavy atom. The molecule has 0 spiro atoms. The summed E-state index contributed by atoms with van der Waals surface area (Å²) in [6.07, 6.45) is 15.2. The molecule has 1 unspecified atom stereocenters. The first-order valence-corrected chi connectivity index (χ1v) is 11.9. The Morgan fingerprint density at radius 1 is 0.962 bits per heavy atom. The molecule has 1 aliphatic heterocycles. The Labute approximate surface area is 159 Å². The van der Waals surface area contributed by atoms with Gasteiger partial charge in [0.1, 0.15) is 6.10 Å². The van der Waals surface area contributed by atoms with Gasteiger partial charge in [0.25, 0.3) is 0 Å². The van der Waals surface area contributed by atoms with Gasteiger partial charge >= 0.3 is 7.82 Å². The van der Waals surface area contributed by atoms with Crippen molar-refractivity contribution in [3.8, 4) is 0 Å². The van der Waals surface area contributed by atoms with E-state index in [9.17, 15) is 9.67 Å². The monoisotopic (exact) mass is 393 g/mol. The van der Waals surface area contributed by atoms with E-state index in [2.05, 4.69) is 6.92 Å². The van der Waals surface area contributed by atoms with Gasteiger partial charge in [-0.05, 0) is 6.42 Å². The minimum Gasteiger partial charge on any atom is -0.395 e. The van der Waals surface area contributed by atoms with Crippen molar-refractivity contribution in [2.24, 2.45) is 5.73 Å². The van der Waals surface area contributed by atoms with E-state index in [4.69, 9.17) is 19.3 Å². The van der Waals surface area contributed by atoms with Gasteiger partial charge in [0.2, 0.25) is 0 Å². The van der Waals surface area contributed by atoms with E-state index >= 15 is 0 Å². The molecule has 0 aromatic rings. The number of aliphatic hydroxyl groups excluding tert-OH is 1. The van der Waals surface area contributed by atoms with Gasteiger partial charge in [0.15, 0.2) is 0 Å². The van der Waals surface area contributed by atoms with Crippen molar-refractivity contribution in [2.45, 2.75) is 109 Å². The van der Waals surface area contributed by atoms with Crippen LogP contribution in [0.25, 0.3) is 0 Å². The number of rotatable bonds is 16. The molecule has 0 radical (unpaired) electrons. The molecule has 0 bridgehead atoms. The molecule has 0 aliphatic carbocycles. The van der Waals surface area contributed by atoms with Crippen molar-refractivity contribution in [1.82, 2.24) is 0 Å². The standard InChI is InChI=1S/C19H40NO5P/c1-3-4-5-6-7-8-9-10-11-12-13-14-15-18-19(17(20)16-21)25-26(22,23-2)24-18/h17-19,21H,3-16,20H2,1-2H3/t17-,18+,19-,26?/m0/s1. The largest absolute Gasteiger partial charge is 0.475 e. The summed E-state index contributed by atoms with van der Waals surface area (Å²) < 4.78 is 27.8. The first-order valence-electron chi connectivity index (χ1n) is 10.4. The number of aliphatic hydroxyl groups is 1. The molecule has 0 saturated carbocycles. The number of unbranched alkanes of at least 4 members (excludes halogenated alkanes) is 11. The summed E-state index contributed by atoms with van der Waals surface area (Å²) in [6.45, 7) is 2.02. The Kier molecular flexibility index (Phi) is 13.0. The van der Waals surface area contributed by atoms with E-state index in [1.807, 2.05) is 0 Å². The van der Waals surface area contributed by atoms with Gasteiger partial charge in [0.05, 0.1) is 18.8 Å². The number of hydrogen-bond donors (Lipinski definition) is 2. The summed E-state index contributed by atoms with van der Waals surface area (Å²) in [6, 6.07) is -0.608. The summed E-state index contributed by atoms with van der Waals surface area (Å²) in [7, 11) is -2.21. The van der Waals surface area contributed by atoms with Gasteiger partial charge in [-0.1, -0.05) is 84.0 Å². The summed E-state index contributed by atoms with van der Waals surface area (Å²) in [5.41, 5.74) is 5.85. The molecule has 26 heavy (non-hydrogen) atoms. The Hall–Kier alpha value is 0.0300. The number of phosphoric ester groups is 1. The summed E-state index contributed by atoms with van der Waals surface area (Å²) >= 11 is 0. The van der Waals surface area contributed by atoms with E-state index in [-0.39, 0.29) is 12.7 Å². The van der Waals surface area contributed by atoms with Crippen LogP contribution >= 0.6 is 7.82 Å². The SMILES string of the molecule is CCCCCCCCCCCCCC[C@H]1OP(=O)(OC)O[C@H]1[C@@H](N)CO. The van der Waals surface area contributed by atoms with Crippen LogP contribution in [0.2, 0.25) is 0 Å². The molecule has 7 heteroatoms. The van der Waals surface area contributed by atoms with E-state index in [1.54, 1.807) is 0 Å². The third-order valence-electron chi connectivity index (χ3n) is 5.08. The highest BCUT2D eigenvalue weighted by atomic mass is 31.2. The molecule has 1 heterocycles. The Bertz CT molecular complexity index is 396. The van der Waals surface area contributed by atoms with Gasteiger partial charge in [0, 0.05) is 7.11 Å². The van der Waals surface area contributed by atoms with Gasteiger partial charge in [-0.15, -0.1) is 0 Å². The smallest absolute Gasteiger partial charge is 0.395 e. The quantitative estimate of drug-likeness (QED) is 0.285.